The number of fused-ring (bicyclic) bond motifs is 1. The van der Waals surface area contributed by atoms with Crippen LogP contribution in [0.4, 0.5) is 0 Å². The molecule has 1 amide bonds. The fourth-order valence-corrected chi connectivity index (χ4v) is 2.30. The lowest BCUT2D eigenvalue weighted by Crippen LogP contribution is -2.42. The van der Waals surface area contributed by atoms with E-state index in [9.17, 15) is 4.79 Å². The van der Waals surface area contributed by atoms with Gasteiger partial charge in [-0.15, -0.1) is 0 Å². The highest BCUT2D eigenvalue weighted by molar-refractivity contribution is 5.75. The van der Waals surface area contributed by atoms with Crippen molar-refractivity contribution in [2.24, 2.45) is 0 Å². The third-order valence-corrected chi connectivity index (χ3v) is 3.17. The minimum atomic E-state index is 0.00673. The molecule has 3 rings (SSSR count). The molecule has 3 heterocycles. The smallest absolute Gasteiger partial charge is 0.242 e. The Hall–Kier alpha value is -2.11. The number of carbonyl (C=O) groups is 1. The summed E-state index contributed by atoms with van der Waals surface area (Å²) in [5.41, 5.74) is 0. The Morgan fingerprint density at radius 2 is 2.39 bits per heavy atom. The SMILES string of the molecule is O=C(Cn1cccn1)N[C@H]1CCc2nccn2C1. The quantitative estimate of drug-likeness (QED) is 0.840. The normalized spacial score (nSPS) is 18.3. The Labute approximate surface area is 105 Å². The van der Waals surface area contributed by atoms with Crippen LogP contribution in [0.1, 0.15) is 12.2 Å². The number of aryl methyl sites for hydroxylation is 1. The number of amides is 1. The highest BCUT2D eigenvalue weighted by atomic mass is 16.2. The highest BCUT2D eigenvalue weighted by Gasteiger charge is 2.20. The molecule has 1 aliphatic heterocycles. The largest absolute Gasteiger partial charge is 0.350 e. The molecule has 0 aromatic carbocycles. The van der Waals surface area contributed by atoms with Crippen molar-refractivity contribution in [1.29, 1.82) is 0 Å². The summed E-state index contributed by atoms with van der Waals surface area (Å²) in [4.78, 5) is 16.1. The molecule has 0 radical (unpaired) electrons. The van der Waals surface area contributed by atoms with E-state index in [2.05, 4.69) is 20.0 Å². The predicted octanol–water partition coefficient (Wildman–Crippen LogP) is 0.211. The van der Waals surface area contributed by atoms with Gasteiger partial charge in [0.1, 0.15) is 12.4 Å². The third kappa shape index (κ3) is 2.27. The van der Waals surface area contributed by atoms with Crippen molar-refractivity contribution in [3.05, 3.63) is 36.7 Å². The van der Waals surface area contributed by atoms with Crippen LogP contribution in [0.15, 0.2) is 30.9 Å². The van der Waals surface area contributed by atoms with Crippen molar-refractivity contribution in [3.8, 4) is 0 Å². The van der Waals surface area contributed by atoms with E-state index in [1.165, 1.54) is 0 Å². The Kier molecular flexibility index (Phi) is 2.84. The summed E-state index contributed by atoms with van der Waals surface area (Å²) in [5.74, 6) is 1.11. The molecule has 0 aliphatic carbocycles. The van der Waals surface area contributed by atoms with Crippen molar-refractivity contribution in [2.45, 2.75) is 32.0 Å². The Balaban J connectivity index is 1.56. The van der Waals surface area contributed by atoms with Crippen LogP contribution in [0, 0.1) is 0 Å². The molecular formula is C12H15N5O. The van der Waals surface area contributed by atoms with E-state index in [4.69, 9.17) is 0 Å². The molecule has 0 unspecified atom stereocenters. The van der Waals surface area contributed by atoms with Gasteiger partial charge in [-0.25, -0.2) is 4.98 Å². The van der Waals surface area contributed by atoms with Crippen molar-refractivity contribution < 1.29 is 4.79 Å². The molecule has 1 N–H and O–H groups in total. The monoisotopic (exact) mass is 245 g/mol. The van der Waals surface area contributed by atoms with Crippen LogP contribution in [0.3, 0.4) is 0 Å². The molecule has 1 aliphatic rings. The van der Waals surface area contributed by atoms with Gasteiger partial charge in [0.25, 0.3) is 0 Å². The number of hydrogen-bond acceptors (Lipinski definition) is 3. The minimum Gasteiger partial charge on any atom is -0.350 e. The number of carbonyl (C=O) groups excluding carboxylic acids is 1. The number of hydrogen-bond donors (Lipinski definition) is 1. The molecule has 6 nitrogen and oxygen atoms in total. The summed E-state index contributed by atoms with van der Waals surface area (Å²) in [6, 6.07) is 2.00. The molecule has 6 heteroatoms. The first kappa shape index (κ1) is 11.0. The van der Waals surface area contributed by atoms with Gasteiger partial charge in [0.05, 0.1) is 0 Å². The van der Waals surface area contributed by atoms with E-state index < -0.39 is 0 Å². The van der Waals surface area contributed by atoms with E-state index >= 15 is 0 Å². The van der Waals surface area contributed by atoms with Crippen LogP contribution in [0.25, 0.3) is 0 Å². The molecule has 94 valence electrons. The second kappa shape index (κ2) is 4.64. The zero-order valence-corrected chi connectivity index (χ0v) is 9.99. The topological polar surface area (TPSA) is 64.7 Å². The van der Waals surface area contributed by atoms with Gasteiger partial charge in [-0.1, -0.05) is 0 Å². The summed E-state index contributed by atoms with van der Waals surface area (Å²) in [5, 5.41) is 7.06. The number of nitrogens with one attached hydrogen (secondary N) is 1. The van der Waals surface area contributed by atoms with Gasteiger partial charge in [-0.05, 0) is 12.5 Å². The molecule has 0 spiro atoms. The van der Waals surface area contributed by atoms with Crippen molar-refractivity contribution >= 4 is 5.91 Å². The Bertz CT molecular complexity index is 530. The molecule has 0 bridgehead atoms. The Morgan fingerprint density at radius 3 is 3.22 bits per heavy atom. The number of rotatable bonds is 3. The minimum absolute atomic E-state index is 0.00673. The maximum absolute atomic E-state index is 11.8. The third-order valence-electron chi connectivity index (χ3n) is 3.17. The van der Waals surface area contributed by atoms with E-state index in [1.807, 2.05) is 18.5 Å². The van der Waals surface area contributed by atoms with Gasteiger partial charge in [-0.3, -0.25) is 9.48 Å². The summed E-state index contributed by atoms with van der Waals surface area (Å²) in [6.07, 6.45) is 9.09. The predicted molar refractivity (Wildman–Crippen MR) is 64.7 cm³/mol. The summed E-state index contributed by atoms with van der Waals surface area (Å²) in [6.45, 7) is 1.08. The standard InChI is InChI=1S/C12H15N5O/c18-12(9-17-6-1-4-14-17)15-10-2-3-11-13-5-7-16(11)8-10/h1,4-7,10H,2-3,8-9H2,(H,15,18)/t10-/m0/s1. The second-order valence-corrected chi connectivity index (χ2v) is 4.50. The van der Waals surface area contributed by atoms with Crippen LogP contribution in [-0.4, -0.2) is 31.3 Å². The maximum Gasteiger partial charge on any atom is 0.242 e. The van der Waals surface area contributed by atoms with Gasteiger partial charge >= 0.3 is 0 Å². The number of nitrogens with zero attached hydrogens (tertiary/aromatic N) is 4. The van der Waals surface area contributed by atoms with Gasteiger partial charge in [0, 0.05) is 43.8 Å². The lowest BCUT2D eigenvalue weighted by Gasteiger charge is -2.24. The number of imidazole rings is 1. The first-order valence-corrected chi connectivity index (χ1v) is 6.08. The number of aromatic nitrogens is 4. The molecule has 1 atom stereocenters. The molecule has 2 aromatic rings. The maximum atomic E-state index is 11.8. The fourth-order valence-electron chi connectivity index (χ4n) is 2.30. The lowest BCUT2D eigenvalue weighted by atomic mass is 10.1. The first-order chi connectivity index (χ1) is 8.81. The zero-order chi connectivity index (χ0) is 12.4. The zero-order valence-electron chi connectivity index (χ0n) is 9.99. The van der Waals surface area contributed by atoms with Gasteiger partial charge < -0.3 is 9.88 Å². The van der Waals surface area contributed by atoms with Crippen LogP contribution in [0.5, 0.6) is 0 Å². The van der Waals surface area contributed by atoms with E-state index in [0.717, 1.165) is 25.2 Å². The second-order valence-electron chi connectivity index (χ2n) is 4.50. The van der Waals surface area contributed by atoms with Crippen LogP contribution < -0.4 is 5.32 Å². The molecule has 18 heavy (non-hydrogen) atoms. The van der Waals surface area contributed by atoms with Crippen LogP contribution in [0.2, 0.25) is 0 Å². The van der Waals surface area contributed by atoms with Crippen molar-refractivity contribution in [3.63, 3.8) is 0 Å². The van der Waals surface area contributed by atoms with Crippen LogP contribution >= 0.6 is 0 Å². The van der Waals surface area contributed by atoms with Gasteiger partial charge in [0.15, 0.2) is 0 Å². The molecule has 2 aromatic heterocycles. The van der Waals surface area contributed by atoms with Gasteiger partial charge in [0.2, 0.25) is 5.91 Å². The average Bonchev–Trinajstić information content (AvgIpc) is 2.98. The summed E-state index contributed by atoms with van der Waals surface area (Å²) >= 11 is 0. The van der Waals surface area contributed by atoms with Gasteiger partial charge in [-0.2, -0.15) is 5.10 Å². The Morgan fingerprint density at radius 1 is 1.44 bits per heavy atom. The van der Waals surface area contributed by atoms with Crippen LogP contribution in [-0.2, 0) is 24.3 Å². The highest BCUT2D eigenvalue weighted by Crippen LogP contribution is 2.12. The molecule has 0 saturated carbocycles. The fraction of sp³-hybridized carbons (Fsp3) is 0.417. The summed E-state index contributed by atoms with van der Waals surface area (Å²) in [7, 11) is 0. The summed E-state index contributed by atoms with van der Waals surface area (Å²) < 4.78 is 3.73. The lowest BCUT2D eigenvalue weighted by molar-refractivity contribution is -0.122. The van der Waals surface area contributed by atoms with E-state index in [-0.39, 0.29) is 18.5 Å². The van der Waals surface area contributed by atoms with Crippen molar-refractivity contribution in [2.75, 3.05) is 0 Å². The first-order valence-electron chi connectivity index (χ1n) is 6.08. The van der Waals surface area contributed by atoms with E-state index in [0.29, 0.717) is 0 Å². The van der Waals surface area contributed by atoms with E-state index in [1.54, 1.807) is 17.1 Å². The molecular weight excluding hydrogens is 230 g/mol. The van der Waals surface area contributed by atoms with Crippen molar-refractivity contribution in [1.82, 2.24) is 24.6 Å². The average molecular weight is 245 g/mol. The molecule has 0 fully saturated rings. The molecule has 0 saturated heterocycles.